The van der Waals surface area contributed by atoms with Crippen LogP contribution in [0.4, 0.5) is 5.82 Å². The highest BCUT2D eigenvalue weighted by Gasteiger charge is 2.39. The van der Waals surface area contributed by atoms with E-state index in [4.69, 9.17) is 0 Å². The van der Waals surface area contributed by atoms with Crippen LogP contribution in [0.2, 0.25) is 0 Å². The smallest absolute Gasteiger partial charge is 0.255 e. The van der Waals surface area contributed by atoms with E-state index in [2.05, 4.69) is 21.0 Å². The van der Waals surface area contributed by atoms with Gasteiger partial charge in [0.1, 0.15) is 11.9 Å². The largest absolute Gasteiger partial charge is 0.364 e. The standard InChI is InChI=1S/C23H28N6O3/c30-20-5-4-18(22(31)26-20)29-14-17-3-1-2-16(21(17)23(29)32)12-25-19-8-11-28(27-19)13-15-6-9-24-10-7-15/h1-3,8,11,15,18,24H,4-7,9-10,12-14H2,(H,25,27)(H,26,30,31). The summed E-state index contributed by atoms with van der Waals surface area (Å²) < 4.78 is 1.99. The van der Waals surface area contributed by atoms with Crippen molar-refractivity contribution in [1.29, 1.82) is 0 Å². The molecule has 2 fully saturated rings. The Bertz CT molecular complexity index is 1040. The summed E-state index contributed by atoms with van der Waals surface area (Å²) >= 11 is 0. The maximum absolute atomic E-state index is 13.2. The molecule has 1 aromatic heterocycles. The van der Waals surface area contributed by atoms with E-state index in [1.54, 1.807) is 4.90 Å². The molecule has 3 amide bonds. The van der Waals surface area contributed by atoms with Crippen LogP contribution in [0.5, 0.6) is 0 Å². The van der Waals surface area contributed by atoms with Crippen LogP contribution < -0.4 is 16.0 Å². The Morgan fingerprint density at radius 3 is 2.75 bits per heavy atom. The van der Waals surface area contributed by atoms with Crippen LogP contribution in [0.15, 0.2) is 30.5 Å². The van der Waals surface area contributed by atoms with Crippen molar-refractivity contribution in [1.82, 2.24) is 25.3 Å². The fourth-order valence-corrected chi connectivity index (χ4v) is 4.91. The summed E-state index contributed by atoms with van der Waals surface area (Å²) in [6, 6.07) is 7.16. The summed E-state index contributed by atoms with van der Waals surface area (Å²) in [7, 11) is 0. The van der Waals surface area contributed by atoms with Gasteiger partial charge in [0.05, 0.1) is 0 Å². The average molecular weight is 437 g/mol. The van der Waals surface area contributed by atoms with Gasteiger partial charge in [0.25, 0.3) is 5.91 Å². The lowest BCUT2D eigenvalue weighted by Gasteiger charge is -2.29. The van der Waals surface area contributed by atoms with Crippen LogP contribution in [-0.4, -0.2) is 51.5 Å². The highest BCUT2D eigenvalue weighted by Crippen LogP contribution is 2.30. The highest BCUT2D eigenvalue weighted by molar-refractivity contribution is 6.06. The van der Waals surface area contributed by atoms with Gasteiger partial charge in [0, 0.05) is 43.9 Å². The number of benzene rings is 1. The molecule has 4 heterocycles. The van der Waals surface area contributed by atoms with E-state index in [9.17, 15) is 14.4 Å². The molecule has 5 rings (SSSR count). The molecule has 32 heavy (non-hydrogen) atoms. The first kappa shape index (κ1) is 20.7. The number of nitrogens with zero attached hydrogens (tertiary/aromatic N) is 3. The van der Waals surface area contributed by atoms with Gasteiger partial charge in [-0.3, -0.25) is 24.4 Å². The second-order valence-electron chi connectivity index (χ2n) is 8.82. The number of hydrogen-bond acceptors (Lipinski definition) is 6. The van der Waals surface area contributed by atoms with Gasteiger partial charge >= 0.3 is 0 Å². The Labute approximate surface area is 186 Å². The van der Waals surface area contributed by atoms with Crippen molar-refractivity contribution in [3.8, 4) is 0 Å². The first-order valence-corrected chi connectivity index (χ1v) is 11.3. The predicted molar refractivity (Wildman–Crippen MR) is 118 cm³/mol. The second-order valence-corrected chi connectivity index (χ2v) is 8.82. The lowest BCUT2D eigenvalue weighted by molar-refractivity contribution is -0.136. The minimum atomic E-state index is -0.598. The molecule has 9 nitrogen and oxygen atoms in total. The minimum absolute atomic E-state index is 0.150. The maximum Gasteiger partial charge on any atom is 0.255 e. The van der Waals surface area contributed by atoms with E-state index in [1.807, 2.05) is 35.1 Å². The molecule has 1 aromatic carbocycles. The van der Waals surface area contributed by atoms with Crippen molar-refractivity contribution in [2.24, 2.45) is 5.92 Å². The first-order valence-electron chi connectivity index (χ1n) is 11.3. The monoisotopic (exact) mass is 436 g/mol. The molecule has 0 saturated carbocycles. The highest BCUT2D eigenvalue weighted by atomic mass is 16.2. The number of nitrogens with one attached hydrogen (secondary N) is 3. The topological polar surface area (TPSA) is 108 Å². The normalized spacial score (nSPS) is 21.6. The van der Waals surface area contributed by atoms with Crippen molar-refractivity contribution in [2.45, 2.75) is 51.4 Å². The molecule has 3 aliphatic rings. The summed E-state index contributed by atoms with van der Waals surface area (Å²) in [6.45, 7) is 3.92. The van der Waals surface area contributed by atoms with Gasteiger partial charge in [-0.05, 0) is 49.4 Å². The van der Waals surface area contributed by atoms with Gasteiger partial charge in [-0.15, -0.1) is 0 Å². The van der Waals surface area contributed by atoms with E-state index in [-0.39, 0.29) is 24.1 Å². The molecular weight excluding hydrogens is 408 g/mol. The van der Waals surface area contributed by atoms with Crippen LogP contribution >= 0.6 is 0 Å². The Kier molecular flexibility index (Phi) is 5.65. The predicted octanol–water partition coefficient (Wildman–Crippen LogP) is 1.26. The number of rotatable bonds is 6. The zero-order chi connectivity index (χ0) is 22.1. The molecular formula is C23H28N6O3. The molecule has 0 bridgehead atoms. The number of anilines is 1. The quantitative estimate of drug-likeness (QED) is 0.589. The van der Waals surface area contributed by atoms with Crippen molar-refractivity contribution in [3.63, 3.8) is 0 Å². The van der Waals surface area contributed by atoms with Crippen molar-refractivity contribution in [2.75, 3.05) is 18.4 Å². The van der Waals surface area contributed by atoms with Crippen molar-refractivity contribution >= 4 is 23.5 Å². The third-order valence-corrected chi connectivity index (χ3v) is 6.64. The molecule has 0 aliphatic carbocycles. The van der Waals surface area contributed by atoms with E-state index in [1.165, 1.54) is 12.8 Å². The van der Waals surface area contributed by atoms with Gasteiger partial charge in [-0.1, -0.05) is 18.2 Å². The summed E-state index contributed by atoms with van der Waals surface area (Å²) in [6.07, 6.45) is 4.96. The number of fused-ring (bicyclic) bond motifs is 1. The van der Waals surface area contributed by atoms with E-state index < -0.39 is 6.04 Å². The number of carbonyl (C=O) groups is 3. The number of piperidine rings is 2. The van der Waals surface area contributed by atoms with Crippen molar-refractivity contribution in [3.05, 3.63) is 47.2 Å². The van der Waals surface area contributed by atoms with Crippen LogP contribution in [0, 0.1) is 5.92 Å². The minimum Gasteiger partial charge on any atom is -0.364 e. The molecule has 2 saturated heterocycles. The molecule has 1 atom stereocenters. The summed E-state index contributed by atoms with van der Waals surface area (Å²) in [5.41, 5.74) is 2.45. The summed E-state index contributed by atoms with van der Waals surface area (Å²) in [5, 5.41) is 13.7. The van der Waals surface area contributed by atoms with Crippen LogP contribution in [0.3, 0.4) is 0 Å². The van der Waals surface area contributed by atoms with Gasteiger partial charge in [0.2, 0.25) is 11.8 Å². The first-order chi connectivity index (χ1) is 15.6. The molecule has 0 radical (unpaired) electrons. The number of aromatic nitrogens is 2. The Balaban J connectivity index is 1.25. The lowest BCUT2D eigenvalue weighted by Crippen LogP contribution is -2.52. The number of hydrogen-bond donors (Lipinski definition) is 3. The molecule has 9 heteroatoms. The molecule has 168 valence electrons. The van der Waals surface area contributed by atoms with E-state index in [0.29, 0.717) is 31.0 Å². The zero-order valence-corrected chi connectivity index (χ0v) is 18.0. The SMILES string of the molecule is O=C1CCC(N2Cc3cccc(CNc4ccn(CC5CCNCC5)n4)c3C2=O)C(=O)N1. The zero-order valence-electron chi connectivity index (χ0n) is 18.0. The van der Waals surface area contributed by atoms with Gasteiger partial charge in [0.15, 0.2) is 0 Å². The fourth-order valence-electron chi connectivity index (χ4n) is 4.91. The van der Waals surface area contributed by atoms with Gasteiger partial charge < -0.3 is 15.5 Å². The number of carbonyl (C=O) groups excluding carboxylic acids is 3. The number of imide groups is 1. The van der Waals surface area contributed by atoms with Crippen LogP contribution in [0.1, 0.15) is 47.2 Å². The number of amides is 3. The average Bonchev–Trinajstić information content (AvgIpc) is 3.37. The van der Waals surface area contributed by atoms with E-state index in [0.717, 1.165) is 36.6 Å². The van der Waals surface area contributed by atoms with Gasteiger partial charge in [-0.25, -0.2) is 0 Å². The van der Waals surface area contributed by atoms with E-state index >= 15 is 0 Å². The van der Waals surface area contributed by atoms with Crippen molar-refractivity contribution < 1.29 is 14.4 Å². The van der Waals surface area contributed by atoms with Gasteiger partial charge in [-0.2, -0.15) is 5.10 Å². The van der Waals surface area contributed by atoms with Crippen LogP contribution in [0.25, 0.3) is 0 Å². The second kappa shape index (κ2) is 8.74. The third-order valence-electron chi connectivity index (χ3n) is 6.64. The molecule has 3 N–H and O–H groups in total. The Morgan fingerprint density at radius 1 is 1.09 bits per heavy atom. The Morgan fingerprint density at radius 2 is 1.94 bits per heavy atom. The summed E-state index contributed by atoms with van der Waals surface area (Å²) in [5.74, 6) is 0.617. The molecule has 1 unspecified atom stereocenters. The fraction of sp³-hybridized carbons (Fsp3) is 0.478. The van der Waals surface area contributed by atoms with Crippen LogP contribution in [-0.2, 0) is 29.2 Å². The Hall–Kier alpha value is -3.20. The molecule has 2 aromatic rings. The molecule has 3 aliphatic heterocycles. The molecule has 0 spiro atoms. The maximum atomic E-state index is 13.2. The third kappa shape index (κ3) is 4.12. The summed E-state index contributed by atoms with van der Waals surface area (Å²) in [4.78, 5) is 38.5. The lowest BCUT2D eigenvalue weighted by atomic mass is 9.98.